The zero-order valence-corrected chi connectivity index (χ0v) is 13.7. The van der Waals surface area contributed by atoms with Crippen molar-refractivity contribution in [3.05, 3.63) is 35.4 Å². The number of carbonyl (C=O) groups is 2. The highest BCUT2D eigenvalue weighted by molar-refractivity contribution is 6.13. The smallest absolute Gasteiger partial charge is 0.201 e. The molecule has 0 heterocycles. The van der Waals surface area contributed by atoms with E-state index in [4.69, 9.17) is 4.74 Å². The Hall–Kier alpha value is -2.11. The Labute approximate surface area is 143 Å². The second-order valence-electron chi connectivity index (χ2n) is 6.49. The molecule has 0 N–H and O–H groups in total. The fourth-order valence-corrected chi connectivity index (χ4v) is 3.59. The number of hydrogen-bond donors (Lipinski definition) is 0. The van der Waals surface area contributed by atoms with Crippen molar-refractivity contribution in [1.82, 2.24) is 0 Å². The van der Waals surface area contributed by atoms with E-state index in [9.17, 15) is 22.8 Å². The normalized spacial score (nSPS) is 19.4. The molecule has 1 fully saturated rings. The summed E-state index contributed by atoms with van der Waals surface area (Å²) in [4.78, 5) is 24.1. The summed E-state index contributed by atoms with van der Waals surface area (Å²) in [5.41, 5.74) is -0.249. The second kappa shape index (κ2) is 7.02. The van der Waals surface area contributed by atoms with Gasteiger partial charge in [0.2, 0.25) is 5.82 Å². The topological polar surface area (TPSA) is 43.4 Å². The fourth-order valence-electron chi connectivity index (χ4n) is 3.59. The third-order valence-corrected chi connectivity index (χ3v) is 5.09. The number of halogens is 3. The lowest BCUT2D eigenvalue weighted by Gasteiger charge is -2.29. The standard InChI is InChI=1S/C19H19F3O3/c20-10-1-11-25-14-3-2-13(17(21)18(14)22)12-6-8-19(9-7-12)15(23)4-5-16(19)24/h2-3,6H,1,4-5,7-11H2. The van der Waals surface area contributed by atoms with Gasteiger partial charge in [0.1, 0.15) is 11.6 Å². The maximum Gasteiger partial charge on any atom is 0.201 e. The molecule has 1 aromatic carbocycles. The van der Waals surface area contributed by atoms with Crippen LogP contribution in [0, 0.1) is 17.0 Å². The van der Waals surface area contributed by atoms with Crippen molar-refractivity contribution in [2.45, 2.75) is 38.5 Å². The Kier molecular flexibility index (Phi) is 4.97. The highest BCUT2D eigenvalue weighted by atomic mass is 19.2. The van der Waals surface area contributed by atoms with Crippen LogP contribution >= 0.6 is 0 Å². The lowest BCUT2D eigenvalue weighted by Crippen LogP contribution is -2.34. The molecule has 0 bridgehead atoms. The molecule has 1 saturated carbocycles. The van der Waals surface area contributed by atoms with Crippen molar-refractivity contribution in [3.63, 3.8) is 0 Å². The quantitative estimate of drug-likeness (QED) is 0.590. The number of hydrogen-bond acceptors (Lipinski definition) is 3. The lowest BCUT2D eigenvalue weighted by molar-refractivity contribution is -0.135. The van der Waals surface area contributed by atoms with Gasteiger partial charge in [0.25, 0.3) is 0 Å². The molecule has 2 aliphatic carbocycles. The van der Waals surface area contributed by atoms with Crippen LogP contribution < -0.4 is 4.74 Å². The number of rotatable bonds is 5. The van der Waals surface area contributed by atoms with E-state index in [2.05, 4.69) is 0 Å². The average Bonchev–Trinajstić information content (AvgIpc) is 2.88. The van der Waals surface area contributed by atoms with Gasteiger partial charge in [0.05, 0.1) is 18.7 Å². The second-order valence-corrected chi connectivity index (χ2v) is 6.49. The van der Waals surface area contributed by atoms with Gasteiger partial charge in [-0.3, -0.25) is 14.0 Å². The lowest BCUT2D eigenvalue weighted by atomic mass is 9.71. The first-order valence-corrected chi connectivity index (χ1v) is 8.42. The third kappa shape index (κ3) is 3.10. The Balaban J connectivity index is 1.81. The predicted octanol–water partition coefficient (Wildman–Crippen LogP) is 4.19. The maximum atomic E-state index is 14.4. The van der Waals surface area contributed by atoms with Gasteiger partial charge in [-0.25, -0.2) is 4.39 Å². The molecule has 0 saturated heterocycles. The summed E-state index contributed by atoms with van der Waals surface area (Å²) in [5.74, 6) is -2.47. The van der Waals surface area contributed by atoms with Gasteiger partial charge < -0.3 is 4.74 Å². The molecule has 0 unspecified atom stereocenters. The number of alkyl halides is 1. The van der Waals surface area contributed by atoms with Crippen LogP contribution in [0.1, 0.15) is 44.1 Å². The summed E-state index contributed by atoms with van der Waals surface area (Å²) in [6, 6.07) is 2.74. The van der Waals surface area contributed by atoms with E-state index in [1.54, 1.807) is 6.08 Å². The van der Waals surface area contributed by atoms with Gasteiger partial charge in [0.15, 0.2) is 11.6 Å². The maximum absolute atomic E-state index is 14.4. The van der Waals surface area contributed by atoms with Crippen molar-refractivity contribution in [2.75, 3.05) is 13.3 Å². The molecule has 1 aromatic rings. The van der Waals surface area contributed by atoms with E-state index in [1.165, 1.54) is 12.1 Å². The molecule has 3 rings (SSSR count). The van der Waals surface area contributed by atoms with Crippen molar-refractivity contribution >= 4 is 17.1 Å². The first kappa shape index (κ1) is 17.7. The highest BCUT2D eigenvalue weighted by Crippen LogP contribution is 2.46. The summed E-state index contributed by atoms with van der Waals surface area (Å²) in [7, 11) is 0. The summed E-state index contributed by atoms with van der Waals surface area (Å²) in [6.45, 7) is -0.615. The van der Waals surface area contributed by atoms with Gasteiger partial charge >= 0.3 is 0 Å². The predicted molar refractivity (Wildman–Crippen MR) is 86.0 cm³/mol. The molecule has 0 aliphatic heterocycles. The number of carbonyl (C=O) groups excluding carboxylic acids is 2. The highest BCUT2D eigenvalue weighted by Gasteiger charge is 2.49. The molecular formula is C19H19F3O3. The molecule has 0 amide bonds. The molecule has 0 atom stereocenters. The largest absolute Gasteiger partial charge is 0.490 e. The van der Waals surface area contributed by atoms with Crippen molar-refractivity contribution < 1.29 is 27.5 Å². The van der Waals surface area contributed by atoms with Crippen LogP contribution in [0.15, 0.2) is 18.2 Å². The Bertz CT molecular complexity index is 724. The molecule has 25 heavy (non-hydrogen) atoms. The van der Waals surface area contributed by atoms with Crippen LogP contribution in [0.25, 0.3) is 5.57 Å². The third-order valence-electron chi connectivity index (χ3n) is 5.09. The van der Waals surface area contributed by atoms with Gasteiger partial charge in [-0.05, 0) is 37.0 Å². The summed E-state index contributed by atoms with van der Waals surface area (Å²) >= 11 is 0. The van der Waals surface area contributed by atoms with E-state index < -0.39 is 23.7 Å². The molecule has 6 heteroatoms. The van der Waals surface area contributed by atoms with E-state index in [-0.39, 0.29) is 55.2 Å². The molecule has 1 spiro atoms. The average molecular weight is 352 g/mol. The summed E-state index contributed by atoms with van der Waals surface area (Å²) in [6.07, 6.45) is 3.26. The molecule has 3 nitrogen and oxygen atoms in total. The van der Waals surface area contributed by atoms with Crippen molar-refractivity contribution in [3.8, 4) is 5.75 Å². The molecule has 2 aliphatic rings. The van der Waals surface area contributed by atoms with Gasteiger partial charge in [-0.1, -0.05) is 6.08 Å². The number of benzene rings is 1. The van der Waals surface area contributed by atoms with Crippen LogP contribution in [-0.2, 0) is 9.59 Å². The Morgan fingerprint density at radius 2 is 1.76 bits per heavy atom. The fraction of sp³-hybridized carbons (Fsp3) is 0.474. The first-order valence-electron chi connectivity index (χ1n) is 8.42. The monoisotopic (exact) mass is 352 g/mol. The Morgan fingerprint density at radius 3 is 2.36 bits per heavy atom. The summed E-state index contributed by atoms with van der Waals surface area (Å²) in [5, 5.41) is 0. The van der Waals surface area contributed by atoms with Crippen molar-refractivity contribution in [2.24, 2.45) is 5.41 Å². The van der Waals surface area contributed by atoms with E-state index in [0.717, 1.165) is 0 Å². The van der Waals surface area contributed by atoms with Crippen LogP contribution in [-0.4, -0.2) is 24.8 Å². The van der Waals surface area contributed by atoms with E-state index >= 15 is 0 Å². The Morgan fingerprint density at radius 1 is 1.04 bits per heavy atom. The zero-order valence-electron chi connectivity index (χ0n) is 13.7. The molecule has 134 valence electrons. The van der Waals surface area contributed by atoms with Gasteiger partial charge in [-0.2, -0.15) is 4.39 Å². The van der Waals surface area contributed by atoms with E-state index in [0.29, 0.717) is 18.4 Å². The van der Waals surface area contributed by atoms with Crippen LogP contribution in [0.2, 0.25) is 0 Å². The van der Waals surface area contributed by atoms with Crippen molar-refractivity contribution in [1.29, 1.82) is 0 Å². The van der Waals surface area contributed by atoms with Crippen LogP contribution in [0.5, 0.6) is 5.75 Å². The van der Waals surface area contributed by atoms with Crippen LogP contribution in [0.4, 0.5) is 13.2 Å². The minimum absolute atomic E-state index is 0.0261. The van der Waals surface area contributed by atoms with Gasteiger partial charge in [-0.15, -0.1) is 0 Å². The van der Waals surface area contributed by atoms with E-state index in [1.807, 2.05) is 0 Å². The number of ether oxygens (including phenoxy) is 1. The van der Waals surface area contributed by atoms with Gasteiger partial charge in [0, 0.05) is 24.8 Å². The minimum atomic E-state index is -1.11. The number of ketones is 2. The van der Waals surface area contributed by atoms with Crippen LogP contribution in [0.3, 0.4) is 0 Å². The molecular weight excluding hydrogens is 333 g/mol. The SMILES string of the molecule is O=C1CCC(=O)C12CC=C(c1ccc(OCCCF)c(F)c1F)CC2. The summed E-state index contributed by atoms with van der Waals surface area (Å²) < 4.78 is 45.6. The number of Topliss-reactive ketones (excluding diaryl/α,β-unsaturated/α-hetero) is 2. The minimum Gasteiger partial charge on any atom is -0.490 e. The molecule has 0 aromatic heterocycles. The zero-order chi connectivity index (χ0) is 18.0. The molecule has 0 radical (unpaired) electrons. The first-order chi connectivity index (χ1) is 12.0. The number of allylic oxidation sites excluding steroid dienone is 2.